The van der Waals surface area contributed by atoms with Gasteiger partial charge in [0.15, 0.2) is 0 Å². The number of rotatable bonds is 1. The van der Waals surface area contributed by atoms with E-state index in [1.807, 2.05) is 6.20 Å². The van der Waals surface area contributed by atoms with Crippen LogP contribution < -0.4 is 5.32 Å². The maximum absolute atomic E-state index is 4.31. The topological polar surface area (TPSA) is 29.9 Å². The summed E-state index contributed by atoms with van der Waals surface area (Å²) in [5.74, 6) is 1.10. The maximum atomic E-state index is 4.31. The Morgan fingerprint density at radius 3 is 3.06 bits per heavy atom. The van der Waals surface area contributed by atoms with Crippen LogP contribution in [0.4, 0.5) is 5.69 Å². The Bertz CT molecular complexity index is 489. The number of nitrogens with zero attached hydrogens (tertiary/aromatic N) is 2. The van der Waals surface area contributed by atoms with E-state index in [1.165, 1.54) is 17.7 Å². The third-order valence-electron chi connectivity index (χ3n) is 3.55. The van der Waals surface area contributed by atoms with E-state index in [1.54, 1.807) is 0 Å². The second-order valence-electron chi connectivity index (χ2n) is 4.61. The third kappa shape index (κ3) is 1.93. The van der Waals surface area contributed by atoms with Crippen LogP contribution >= 0.6 is 0 Å². The molecule has 1 aliphatic rings. The van der Waals surface area contributed by atoms with Gasteiger partial charge in [0.1, 0.15) is 5.82 Å². The highest BCUT2D eigenvalue weighted by molar-refractivity contribution is 5.52. The molecule has 3 nitrogen and oxygen atoms in total. The second-order valence-corrected chi connectivity index (χ2v) is 4.61. The summed E-state index contributed by atoms with van der Waals surface area (Å²) in [5, 5.41) is 3.54. The average Bonchev–Trinajstić information content (AvgIpc) is 2.66. The normalized spacial score (nSPS) is 19.2. The number of benzene rings is 1. The molecule has 1 unspecified atom stereocenters. The Hall–Kier alpha value is -1.77. The Kier molecular flexibility index (Phi) is 2.59. The lowest BCUT2D eigenvalue weighted by Crippen LogP contribution is -2.18. The number of aryl methyl sites for hydroxylation is 2. The Labute approximate surface area is 101 Å². The largest absolute Gasteiger partial charge is 0.383 e. The molecule has 1 aromatic heterocycles. The summed E-state index contributed by atoms with van der Waals surface area (Å²) >= 11 is 0. The van der Waals surface area contributed by atoms with Crippen molar-refractivity contribution in [2.75, 3.05) is 11.9 Å². The van der Waals surface area contributed by atoms with Crippen molar-refractivity contribution < 1.29 is 0 Å². The van der Waals surface area contributed by atoms with Crippen LogP contribution in [0.15, 0.2) is 36.7 Å². The van der Waals surface area contributed by atoms with E-state index in [2.05, 4.69) is 52.3 Å². The Morgan fingerprint density at radius 1 is 1.35 bits per heavy atom. The molecule has 0 aliphatic carbocycles. The summed E-state index contributed by atoms with van der Waals surface area (Å²) in [4.78, 5) is 4.31. The molecule has 3 heteroatoms. The van der Waals surface area contributed by atoms with E-state index >= 15 is 0 Å². The lowest BCUT2D eigenvalue weighted by atomic mass is 10.1. The molecule has 1 atom stereocenters. The lowest BCUT2D eigenvalue weighted by molar-refractivity contribution is 0.484. The van der Waals surface area contributed by atoms with Crippen molar-refractivity contribution in [1.82, 2.24) is 9.55 Å². The van der Waals surface area contributed by atoms with Crippen LogP contribution in [0.2, 0.25) is 0 Å². The smallest absolute Gasteiger partial charge is 0.105 e. The van der Waals surface area contributed by atoms with E-state index in [4.69, 9.17) is 0 Å². The molecule has 2 aromatic rings. The molecule has 3 rings (SSSR count). The number of anilines is 1. The van der Waals surface area contributed by atoms with E-state index in [9.17, 15) is 0 Å². The molecule has 88 valence electrons. The molecule has 0 radical (unpaired) electrons. The van der Waals surface area contributed by atoms with Crippen molar-refractivity contribution in [3.05, 3.63) is 48.0 Å². The van der Waals surface area contributed by atoms with Gasteiger partial charge in [0.2, 0.25) is 0 Å². The highest BCUT2D eigenvalue weighted by Crippen LogP contribution is 2.26. The minimum atomic E-state index is 0.505. The van der Waals surface area contributed by atoms with Crippen molar-refractivity contribution in [3.63, 3.8) is 0 Å². The first-order chi connectivity index (χ1) is 8.34. The standard InChI is InChI=1S/C14H17N3/c1-11-15-8-9-17(11)13-7-6-12-4-2-3-5-14(12)16-10-13/h2-5,8-9,13,16H,6-7,10H2,1H3. The van der Waals surface area contributed by atoms with Crippen LogP contribution in [0.5, 0.6) is 0 Å². The van der Waals surface area contributed by atoms with Gasteiger partial charge in [-0.3, -0.25) is 0 Å². The molecule has 17 heavy (non-hydrogen) atoms. The molecule has 0 spiro atoms. The van der Waals surface area contributed by atoms with Gasteiger partial charge in [-0.25, -0.2) is 4.98 Å². The summed E-state index contributed by atoms with van der Waals surface area (Å²) in [5.41, 5.74) is 2.71. The summed E-state index contributed by atoms with van der Waals surface area (Å²) in [7, 11) is 0. The highest BCUT2D eigenvalue weighted by atomic mass is 15.1. The second kappa shape index (κ2) is 4.24. The molecule has 1 N–H and O–H groups in total. The van der Waals surface area contributed by atoms with Gasteiger partial charge < -0.3 is 9.88 Å². The maximum Gasteiger partial charge on any atom is 0.105 e. The fourth-order valence-electron chi connectivity index (χ4n) is 2.57. The SMILES string of the molecule is Cc1nccn1C1CCc2ccccc2NC1. The molecular formula is C14H17N3. The third-order valence-corrected chi connectivity index (χ3v) is 3.55. The molecule has 0 saturated carbocycles. The van der Waals surface area contributed by atoms with Crippen LogP contribution in [-0.4, -0.2) is 16.1 Å². The predicted molar refractivity (Wildman–Crippen MR) is 69.3 cm³/mol. The van der Waals surface area contributed by atoms with Crippen LogP contribution in [0, 0.1) is 6.92 Å². The van der Waals surface area contributed by atoms with Crippen LogP contribution in [0.25, 0.3) is 0 Å². The number of para-hydroxylation sites is 1. The minimum Gasteiger partial charge on any atom is -0.383 e. The van der Waals surface area contributed by atoms with Gasteiger partial charge in [0, 0.05) is 24.6 Å². The Morgan fingerprint density at radius 2 is 2.24 bits per heavy atom. The molecular weight excluding hydrogens is 210 g/mol. The fourth-order valence-corrected chi connectivity index (χ4v) is 2.57. The zero-order valence-electron chi connectivity index (χ0n) is 10.1. The Balaban J connectivity index is 1.84. The van der Waals surface area contributed by atoms with E-state index in [-0.39, 0.29) is 0 Å². The molecule has 1 aliphatic heterocycles. The average molecular weight is 227 g/mol. The predicted octanol–water partition coefficient (Wildman–Crippen LogP) is 2.79. The summed E-state index contributed by atoms with van der Waals surface area (Å²) < 4.78 is 2.28. The minimum absolute atomic E-state index is 0.505. The quantitative estimate of drug-likeness (QED) is 0.812. The fraction of sp³-hybridized carbons (Fsp3) is 0.357. The number of hydrogen-bond acceptors (Lipinski definition) is 2. The number of aromatic nitrogens is 2. The number of imidazole rings is 1. The summed E-state index contributed by atoms with van der Waals surface area (Å²) in [6.45, 7) is 3.05. The molecule has 2 heterocycles. The van der Waals surface area contributed by atoms with E-state index in [0.29, 0.717) is 6.04 Å². The number of nitrogens with one attached hydrogen (secondary N) is 1. The number of fused-ring (bicyclic) bond motifs is 1. The zero-order chi connectivity index (χ0) is 11.7. The molecule has 0 saturated heterocycles. The van der Waals surface area contributed by atoms with Crippen molar-refractivity contribution in [1.29, 1.82) is 0 Å². The number of hydrogen-bond donors (Lipinski definition) is 1. The van der Waals surface area contributed by atoms with Crippen LogP contribution in [-0.2, 0) is 6.42 Å². The first-order valence-electron chi connectivity index (χ1n) is 6.16. The molecule has 0 amide bonds. The summed E-state index contributed by atoms with van der Waals surface area (Å²) in [6.07, 6.45) is 6.26. The monoisotopic (exact) mass is 227 g/mol. The van der Waals surface area contributed by atoms with Gasteiger partial charge in [0.25, 0.3) is 0 Å². The van der Waals surface area contributed by atoms with Crippen molar-refractivity contribution in [2.45, 2.75) is 25.8 Å². The van der Waals surface area contributed by atoms with Gasteiger partial charge in [-0.05, 0) is 31.4 Å². The van der Waals surface area contributed by atoms with Gasteiger partial charge in [-0.2, -0.15) is 0 Å². The van der Waals surface area contributed by atoms with Crippen LogP contribution in [0.3, 0.4) is 0 Å². The van der Waals surface area contributed by atoms with Crippen LogP contribution in [0.1, 0.15) is 23.9 Å². The zero-order valence-corrected chi connectivity index (χ0v) is 10.1. The van der Waals surface area contributed by atoms with Gasteiger partial charge in [0.05, 0.1) is 6.04 Å². The van der Waals surface area contributed by atoms with E-state index < -0.39 is 0 Å². The lowest BCUT2D eigenvalue weighted by Gasteiger charge is -2.17. The summed E-state index contributed by atoms with van der Waals surface area (Å²) in [6, 6.07) is 9.09. The van der Waals surface area contributed by atoms with Gasteiger partial charge >= 0.3 is 0 Å². The van der Waals surface area contributed by atoms with Gasteiger partial charge in [-0.1, -0.05) is 18.2 Å². The van der Waals surface area contributed by atoms with Crippen molar-refractivity contribution >= 4 is 5.69 Å². The molecule has 0 bridgehead atoms. The first-order valence-corrected chi connectivity index (χ1v) is 6.16. The molecule has 0 fully saturated rings. The van der Waals surface area contributed by atoms with E-state index in [0.717, 1.165) is 18.8 Å². The van der Waals surface area contributed by atoms with Crippen molar-refractivity contribution in [2.24, 2.45) is 0 Å². The molecule has 1 aromatic carbocycles. The first kappa shape index (κ1) is 10.4. The van der Waals surface area contributed by atoms with Crippen molar-refractivity contribution in [3.8, 4) is 0 Å². The van der Waals surface area contributed by atoms with Gasteiger partial charge in [-0.15, -0.1) is 0 Å². The highest BCUT2D eigenvalue weighted by Gasteiger charge is 2.17.